The smallest absolute Gasteiger partial charge is 0 e. The monoisotopic (exact) mass is 301 g/mol. The Morgan fingerprint density at radius 3 is 1.00 bits per heavy atom. The van der Waals surface area contributed by atoms with Crippen molar-refractivity contribution in [2.24, 2.45) is 0 Å². The van der Waals surface area contributed by atoms with E-state index in [-0.39, 0.29) is 81.2 Å². The maximum atomic E-state index is 0. The molecule has 0 aliphatic carbocycles. The predicted octanol–water partition coefficient (Wildman–Crippen LogP) is -1.13. The number of hydrogen-bond acceptors (Lipinski definition) is 0. The van der Waals surface area contributed by atoms with Gasteiger partial charge in [0.25, 0.3) is 0 Å². The van der Waals surface area contributed by atoms with E-state index in [1.54, 1.807) is 0 Å². The molecule has 0 aliphatic heterocycles. The quantitative estimate of drug-likeness (QED) is 0.392. The first-order chi connectivity index (χ1) is 0. The zero-order valence-electron chi connectivity index (χ0n) is 2.40. The van der Waals surface area contributed by atoms with Crippen molar-refractivity contribution in [3.63, 3.8) is 0 Å². The molecule has 0 rings (SSSR count). The summed E-state index contributed by atoms with van der Waals surface area (Å²) in [6.07, 6.45) is 0. The Morgan fingerprint density at radius 2 is 1.00 bits per heavy atom. The van der Waals surface area contributed by atoms with Crippen LogP contribution in [-0.4, -0.2) is 24.4 Å². The fourth-order valence-corrected chi connectivity index (χ4v) is 0. The maximum absolute atomic E-state index is 0. The Labute approximate surface area is 80.0 Å². The van der Waals surface area contributed by atoms with Gasteiger partial charge in [0, 0.05) is 46.9 Å². The van der Waals surface area contributed by atoms with Gasteiger partial charge in [0.1, 0.15) is 0 Å². The molecule has 0 aromatic carbocycles. The first kappa shape index (κ1) is 29.1. The Morgan fingerprint density at radius 1 is 1.00 bits per heavy atom. The summed E-state index contributed by atoms with van der Waals surface area (Å²) in [6.45, 7) is 0. The molecule has 0 amide bonds. The minimum Gasteiger partial charge on any atom is 0 e. The Kier molecular flexibility index (Phi) is 124. The second kappa shape index (κ2) is 17.0. The van der Waals surface area contributed by atoms with E-state index in [9.17, 15) is 0 Å². The van der Waals surface area contributed by atoms with Crippen LogP contribution in [0.25, 0.3) is 0 Å². The zero-order chi connectivity index (χ0) is 0. The molecule has 0 spiro atoms. The van der Waals surface area contributed by atoms with E-state index in [4.69, 9.17) is 0 Å². The minimum absolute atomic E-state index is 0. The molecule has 0 nitrogen and oxygen atoms in total. The summed E-state index contributed by atoms with van der Waals surface area (Å²) in [5.41, 5.74) is 0. The Hall–Kier alpha value is 2.81. The van der Waals surface area contributed by atoms with E-state index in [1.165, 1.54) is 0 Å². The first-order valence-corrected chi connectivity index (χ1v) is 0. The Bertz CT molecular complexity index is 8.00. The van der Waals surface area contributed by atoms with Gasteiger partial charge in [-0.1, -0.05) is 0 Å². The molecule has 0 saturated heterocycles. The second-order valence-corrected chi connectivity index (χ2v) is 0. The van der Waals surface area contributed by atoms with Gasteiger partial charge < -0.3 is 0 Å². The molecule has 25 valence electrons. The van der Waals surface area contributed by atoms with E-state index in [0.717, 1.165) is 0 Å². The summed E-state index contributed by atoms with van der Waals surface area (Å²) < 4.78 is 0. The van der Waals surface area contributed by atoms with Crippen molar-refractivity contribution < 1.29 is 46.9 Å². The van der Waals surface area contributed by atoms with Crippen molar-refractivity contribution in [3.05, 3.63) is 0 Å². The molecule has 0 aromatic heterocycles. The van der Waals surface area contributed by atoms with E-state index in [0.29, 0.717) is 0 Å². The van der Waals surface area contributed by atoms with Gasteiger partial charge in [-0.15, -0.1) is 0 Å². The second-order valence-electron chi connectivity index (χ2n) is 0. The van der Waals surface area contributed by atoms with Crippen molar-refractivity contribution in [1.82, 2.24) is 0 Å². The summed E-state index contributed by atoms with van der Waals surface area (Å²) in [5, 5.41) is 0. The molecule has 0 aromatic rings. The summed E-state index contributed by atoms with van der Waals surface area (Å²) >= 11 is 0. The summed E-state index contributed by atoms with van der Waals surface area (Å²) in [4.78, 5) is 0. The topological polar surface area (TPSA) is 0 Å². The molecule has 1 atom stereocenters. The molecular formula is H6MoPSbSc. The van der Waals surface area contributed by atoms with Crippen LogP contribution >= 0.6 is 9.90 Å². The molecule has 4 heteroatoms. The third-order valence-electron chi connectivity index (χ3n) is 0. The molecule has 1 radical (unpaired) electrons. The molecule has 0 heterocycles. The molecule has 0 N–H and O–H groups in total. The molecular weight excluding hydrogens is 294 g/mol. The van der Waals surface area contributed by atoms with Crippen LogP contribution in [0.2, 0.25) is 0 Å². The average molecular weight is 300 g/mol. The van der Waals surface area contributed by atoms with E-state index >= 15 is 0 Å². The van der Waals surface area contributed by atoms with E-state index in [1.807, 2.05) is 0 Å². The van der Waals surface area contributed by atoms with Crippen molar-refractivity contribution in [2.75, 3.05) is 0 Å². The first-order valence-electron chi connectivity index (χ1n) is 0. The van der Waals surface area contributed by atoms with E-state index in [2.05, 4.69) is 0 Å². The van der Waals surface area contributed by atoms with Crippen LogP contribution in [0.15, 0.2) is 0 Å². The number of hydrogen-bond donors (Lipinski definition) is 0. The van der Waals surface area contributed by atoms with Crippen LogP contribution in [0.4, 0.5) is 0 Å². The Balaban J connectivity index is 0. The van der Waals surface area contributed by atoms with Crippen molar-refractivity contribution in [1.29, 1.82) is 0 Å². The molecule has 1 unspecified atom stereocenters. The van der Waals surface area contributed by atoms with Gasteiger partial charge in [-0.05, 0) is 0 Å². The van der Waals surface area contributed by atoms with Gasteiger partial charge in [-0.2, -0.15) is 9.90 Å². The average Bonchev–Trinajstić information content (AvgIpc) is 0. The predicted molar refractivity (Wildman–Crippen MR) is 21.0 cm³/mol. The van der Waals surface area contributed by atoms with Crippen LogP contribution in [0.5, 0.6) is 0 Å². The van der Waals surface area contributed by atoms with E-state index < -0.39 is 0 Å². The van der Waals surface area contributed by atoms with Crippen molar-refractivity contribution in [3.8, 4) is 0 Å². The molecule has 0 fully saturated rings. The van der Waals surface area contributed by atoms with Crippen molar-refractivity contribution >= 4 is 34.3 Å². The van der Waals surface area contributed by atoms with Gasteiger partial charge in [0.15, 0.2) is 0 Å². The van der Waals surface area contributed by atoms with Crippen molar-refractivity contribution in [2.45, 2.75) is 0 Å². The molecule has 0 saturated carbocycles. The maximum Gasteiger partial charge on any atom is 0 e. The SMILES string of the molecule is P.[Mo].[SbH3].[Sc]. The normalized spacial score (nSPS) is 0. The third kappa shape index (κ3) is 8.84. The van der Waals surface area contributed by atoms with Gasteiger partial charge in [0.05, 0.1) is 0 Å². The molecule has 0 aliphatic rings. The molecule has 4 heavy (non-hydrogen) atoms. The van der Waals surface area contributed by atoms with Gasteiger partial charge in [0.2, 0.25) is 0 Å². The zero-order valence-corrected chi connectivity index (χ0v) is 11.7. The largest absolute Gasteiger partial charge is 0 e. The van der Waals surface area contributed by atoms with Crippen LogP contribution in [0.1, 0.15) is 0 Å². The number of rotatable bonds is 0. The standard InChI is InChI=1S/Mo.H3P.Sb.Sc.3H/h;1H3;;;;;. The van der Waals surface area contributed by atoms with Crippen LogP contribution in [0, 0.1) is 0 Å². The fraction of sp³-hybridized carbons (Fsp3) is 0. The summed E-state index contributed by atoms with van der Waals surface area (Å²) in [5.74, 6) is 0. The van der Waals surface area contributed by atoms with Crippen LogP contribution < -0.4 is 0 Å². The fourth-order valence-electron chi connectivity index (χ4n) is 0. The summed E-state index contributed by atoms with van der Waals surface area (Å²) in [7, 11) is 0. The van der Waals surface area contributed by atoms with Gasteiger partial charge in [-0.3, -0.25) is 0 Å². The van der Waals surface area contributed by atoms with Crippen LogP contribution in [-0.2, 0) is 46.9 Å². The third-order valence-corrected chi connectivity index (χ3v) is 0. The minimum atomic E-state index is 0. The molecule has 0 bridgehead atoms. The summed E-state index contributed by atoms with van der Waals surface area (Å²) in [6, 6.07) is 0. The van der Waals surface area contributed by atoms with Gasteiger partial charge in [-0.25, -0.2) is 0 Å². The van der Waals surface area contributed by atoms with Gasteiger partial charge >= 0.3 is 24.4 Å². The van der Waals surface area contributed by atoms with Crippen LogP contribution in [0.3, 0.4) is 0 Å².